The highest BCUT2D eigenvalue weighted by molar-refractivity contribution is 6.30. The fourth-order valence-electron chi connectivity index (χ4n) is 3.80. The van der Waals surface area contributed by atoms with Crippen molar-refractivity contribution in [3.8, 4) is 0 Å². The van der Waals surface area contributed by atoms with Gasteiger partial charge in [-0.25, -0.2) is 5.06 Å². The van der Waals surface area contributed by atoms with Crippen LogP contribution >= 0.6 is 11.6 Å². The topological polar surface area (TPSA) is 43.8 Å². The maximum absolute atomic E-state index is 13.5. The Balaban J connectivity index is 1.92. The minimum absolute atomic E-state index is 0.185. The zero-order valence-electron chi connectivity index (χ0n) is 14.8. The van der Waals surface area contributed by atoms with Gasteiger partial charge in [-0.15, -0.1) is 0 Å². The van der Waals surface area contributed by atoms with Crippen LogP contribution in [0.2, 0.25) is 5.02 Å². The average molecular weight is 379 g/mol. The van der Waals surface area contributed by atoms with Gasteiger partial charge in [-0.3, -0.25) is 10.0 Å². The first-order valence-electron chi connectivity index (χ1n) is 8.70. The third kappa shape index (κ3) is 2.78. The van der Waals surface area contributed by atoms with Gasteiger partial charge in [-0.1, -0.05) is 60.1 Å². The number of rotatable bonds is 4. The molecule has 5 heteroatoms. The number of para-hydroxylation sites is 2. The second-order valence-electron chi connectivity index (χ2n) is 6.70. The Morgan fingerprint density at radius 3 is 2.44 bits per heavy atom. The Bertz CT molecular complexity index is 992. The van der Waals surface area contributed by atoms with Crippen molar-refractivity contribution in [1.29, 1.82) is 0 Å². The zero-order chi connectivity index (χ0) is 19.0. The molecule has 1 atom stereocenters. The standard InChI is InChI=1S/C22H19ClN2O2/c1-24-20-13-6-5-12-19(20)22(21(24)26,15-16-8-7-9-17(23)14-16)25(27)18-10-3-2-4-11-18/h2-14,27H,15H2,1H3/t22-/m1/s1. The Morgan fingerprint density at radius 1 is 1.00 bits per heavy atom. The number of hydroxylamine groups is 1. The van der Waals surface area contributed by atoms with Crippen molar-refractivity contribution in [2.45, 2.75) is 12.0 Å². The van der Waals surface area contributed by atoms with E-state index in [2.05, 4.69) is 0 Å². The number of hydrogen-bond acceptors (Lipinski definition) is 3. The van der Waals surface area contributed by atoms with E-state index in [0.29, 0.717) is 17.1 Å². The molecule has 1 aliphatic rings. The molecule has 1 aliphatic heterocycles. The van der Waals surface area contributed by atoms with Crippen molar-refractivity contribution >= 4 is 28.9 Å². The van der Waals surface area contributed by atoms with Crippen LogP contribution in [0.4, 0.5) is 11.4 Å². The van der Waals surface area contributed by atoms with Crippen molar-refractivity contribution in [2.24, 2.45) is 0 Å². The van der Waals surface area contributed by atoms with Crippen molar-refractivity contribution in [2.75, 3.05) is 17.0 Å². The molecule has 0 spiro atoms. The molecule has 0 radical (unpaired) electrons. The van der Waals surface area contributed by atoms with Crippen molar-refractivity contribution in [1.82, 2.24) is 0 Å². The number of likely N-dealkylation sites (N-methyl/N-ethyl adjacent to an activating group) is 1. The summed E-state index contributed by atoms with van der Waals surface area (Å²) < 4.78 is 0. The summed E-state index contributed by atoms with van der Waals surface area (Å²) in [4.78, 5) is 15.1. The van der Waals surface area contributed by atoms with E-state index in [9.17, 15) is 10.0 Å². The molecule has 0 unspecified atom stereocenters. The first-order valence-corrected chi connectivity index (χ1v) is 9.08. The van der Waals surface area contributed by atoms with Gasteiger partial charge in [0.25, 0.3) is 5.91 Å². The smallest absolute Gasteiger partial charge is 0.260 e. The van der Waals surface area contributed by atoms with E-state index in [1.165, 1.54) is 0 Å². The minimum Gasteiger partial charge on any atom is -0.313 e. The van der Waals surface area contributed by atoms with E-state index in [4.69, 9.17) is 11.6 Å². The highest BCUT2D eigenvalue weighted by Crippen LogP contribution is 2.46. The summed E-state index contributed by atoms with van der Waals surface area (Å²) in [6, 6.07) is 24.1. The Kier molecular flexibility index (Phi) is 4.38. The number of halogens is 1. The SMILES string of the molecule is CN1C(=O)[C@](Cc2cccc(Cl)c2)(N(O)c2ccccc2)c2ccccc21. The van der Waals surface area contributed by atoms with Crippen molar-refractivity contribution in [3.05, 3.63) is 95.0 Å². The molecule has 0 saturated carbocycles. The second kappa shape index (κ2) is 6.72. The number of fused-ring (bicyclic) bond motifs is 1. The van der Waals surface area contributed by atoms with Gasteiger partial charge in [0, 0.05) is 29.7 Å². The highest BCUT2D eigenvalue weighted by Gasteiger charge is 2.54. The average Bonchev–Trinajstić information content (AvgIpc) is 2.91. The number of carbonyl (C=O) groups excluding carboxylic acids is 1. The van der Waals surface area contributed by atoms with Gasteiger partial charge in [0.15, 0.2) is 5.54 Å². The second-order valence-corrected chi connectivity index (χ2v) is 7.13. The molecule has 0 bridgehead atoms. The predicted molar refractivity (Wildman–Crippen MR) is 107 cm³/mol. The van der Waals surface area contributed by atoms with Crippen LogP contribution in [-0.2, 0) is 16.8 Å². The Hall–Kier alpha value is -2.82. The Morgan fingerprint density at radius 2 is 1.70 bits per heavy atom. The van der Waals surface area contributed by atoms with Crippen LogP contribution in [-0.4, -0.2) is 18.2 Å². The maximum Gasteiger partial charge on any atom is 0.260 e. The lowest BCUT2D eigenvalue weighted by molar-refractivity contribution is -0.125. The summed E-state index contributed by atoms with van der Waals surface area (Å²) in [5.41, 5.74) is 1.72. The van der Waals surface area contributed by atoms with Crippen LogP contribution in [0.25, 0.3) is 0 Å². The van der Waals surface area contributed by atoms with E-state index in [1.807, 2.05) is 60.7 Å². The first-order chi connectivity index (χ1) is 13.0. The van der Waals surface area contributed by atoms with Gasteiger partial charge in [-0.2, -0.15) is 0 Å². The summed E-state index contributed by atoms with van der Waals surface area (Å²) in [7, 11) is 1.74. The fraction of sp³-hybridized carbons (Fsp3) is 0.136. The lowest BCUT2D eigenvalue weighted by Crippen LogP contribution is -2.53. The molecule has 136 valence electrons. The number of amides is 1. The summed E-state index contributed by atoms with van der Waals surface area (Å²) >= 11 is 6.17. The quantitative estimate of drug-likeness (QED) is 0.672. The maximum atomic E-state index is 13.5. The first kappa shape index (κ1) is 17.6. The molecular formula is C22H19ClN2O2. The van der Waals surface area contributed by atoms with Crippen LogP contribution in [0, 0.1) is 0 Å². The molecule has 0 fully saturated rings. The van der Waals surface area contributed by atoms with Gasteiger partial charge in [0.2, 0.25) is 0 Å². The monoisotopic (exact) mass is 378 g/mol. The van der Waals surface area contributed by atoms with E-state index < -0.39 is 5.54 Å². The van der Waals surface area contributed by atoms with E-state index in [-0.39, 0.29) is 5.91 Å². The van der Waals surface area contributed by atoms with E-state index in [0.717, 1.165) is 21.9 Å². The van der Waals surface area contributed by atoms with E-state index >= 15 is 0 Å². The number of anilines is 2. The number of nitrogens with zero attached hydrogens (tertiary/aromatic N) is 2. The summed E-state index contributed by atoms with van der Waals surface area (Å²) in [6.07, 6.45) is 0.291. The van der Waals surface area contributed by atoms with E-state index in [1.54, 1.807) is 30.1 Å². The molecule has 4 rings (SSSR count). The summed E-state index contributed by atoms with van der Waals surface area (Å²) in [5, 5.41) is 13.0. The number of hydrogen-bond donors (Lipinski definition) is 1. The molecule has 1 amide bonds. The molecule has 27 heavy (non-hydrogen) atoms. The zero-order valence-corrected chi connectivity index (χ0v) is 15.6. The molecule has 0 aromatic heterocycles. The van der Waals surface area contributed by atoms with Gasteiger partial charge < -0.3 is 4.90 Å². The number of carbonyl (C=O) groups is 1. The molecular weight excluding hydrogens is 360 g/mol. The molecule has 0 aliphatic carbocycles. The van der Waals surface area contributed by atoms with Crippen LogP contribution in [0.15, 0.2) is 78.9 Å². The Labute approximate surface area is 163 Å². The number of benzene rings is 3. The molecule has 4 nitrogen and oxygen atoms in total. The molecule has 1 N–H and O–H groups in total. The van der Waals surface area contributed by atoms with Gasteiger partial charge >= 0.3 is 0 Å². The van der Waals surface area contributed by atoms with Gasteiger partial charge in [-0.05, 0) is 35.9 Å². The fourth-order valence-corrected chi connectivity index (χ4v) is 4.01. The predicted octanol–water partition coefficient (Wildman–Crippen LogP) is 4.65. The third-order valence-corrected chi connectivity index (χ3v) is 5.32. The minimum atomic E-state index is -1.27. The van der Waals surface area contributed by atoms with Crippen LogP contribution in [0.5, 0.6) is 0 Å². The third-order valence-electron chi connectivity index (χ3n) is 5.08. The lowest BCUT2D eigenvalue weighted by Gasteiger charge is -2.37. The van der Waals surface area contributed by atoms with Crippen molar-refractivity contribution < 1.29 is 10.0 Å². The summed E-state index contributed by atoms with van der Waals surface area (Å²) in [6.45, 7) is 0. The van der Waals surface area contributed by atoms with Crippen LogP contribution in [0.1, 0.15) is 11.1 Å². The highest BCUT2D eigenvalue weighted by atomic mass is 35.5. The molecule has 3 aromatic rings. The normalized spacial score (nSPS) is 18.5. The van der Waals surface area contributed by atoms with Gasteiger partial charge in [0.05, 0.1) is 5.69 Å². The molecule has 3 aromatic carbocycles. The summed E-state index contributed by atoms with van der Waals surface area (Å²) in [5.74, 6) is -0.185. The largest absolute Gasteiger partial charge is 0.313 e. The van der Waals surface area contributed by atoms with Crippen LogP contribution in [0.3, 0.4) is 0 Å². The van der Waals surface area contributed by atoms with Crippen LogP contribution < -0.4 is 9.96 Å². The van der Waals surface area contributed by atoms with Gasteiger partial charge in [0.1, 0.15) is 0 Å². The molecule has 1 heterocycles. The van der Waals surface area contributed by atoms with Crippen molar-refractivity contribution in [3.63, 3.8) is 0 Å². The molecule has 0 saturated heterocycles. The lowest BCUT2D eigenvalue weighted by atomic mass is 9.84.